The molecule has 0 heterocycles. The molecule has 0 radical (unpaired) electrons. The first-order valence-corrected chi connectivity index (χ1v) is 7.66. The first kappa shape index (κ1) is 19.8. The van der Waals surface area contributed by atoms with E-state index in [0.717, 1.165) is 0 Å². The van der Waals surface area contributed by atoms with Crippen molar-refractivity contribution < 1.29 is 28.9 Å². The van der Waals surface area contributed by atoms with Crippen LogP contribution in [0.2, 0.25) is 0 Å². The molecule has 2 atom stereocenters. The van der Waals surface area contributed by atoms with E-state index in [-0.39, 0.29) is 13.0 Å². The van der Waals surface area contributed by atoms with Gasteiger partial charge in [0.05, 0.1) is 25.9 Å². The second-order valence-corrected chi connectivity index (χ2v) is 6.19. The van der Waals surface area contributed by atoms with Gasteiger partial charge in [-0.1, -0.05) is 30.3 Å². The number of aliphatic hydroxyl groups is 1. The molecule has 0 saturated carbocycles. The number of rotatable bonds is 6. The molecule has 2 unspecified atom stereocenters. The molecule has 1 amide bonds. The first-order valence-electron chi connectivity index (χ1n) is 7.66. The highest BCUT2D eigenvalue weighted by Gasteiger charge is 2.26. The number of ether oxygens (including phenoxy) is 3. The minimum Gasteiger partial charge on any atom is -0.444 e. The number of hydrogen-bond donors (Lipinski definition) is 2. The number of alkyl carbamates (subject to hydrolysis) is 1. The van der Waals surface area contributed by atoms with Crippen LogP contribution in [0.4, 0.5) is 9.59 Å². The summed E-state index contributed by atoms with van der Waals surface area (Å²) < 4.78 is 14.4. The Kier molecular flexibility index (Phi) is 7.51. The Bertz CT molecular complexity index is 526. The summed E-state index contributed by atoms with van der Waals surface area (Å²) in [7, 11) is 1.20. The van der Waals surface area contributed by atoms with E-state index in [2.05, 4.69) is 10.1 Å². The molecule has 0 saturated heterocycles. The summed E-state index contributed by atoms with van der Waals surface area (Å²) in [4.78, 5) is 23.0. The summed E-state index contributed by atoms with van der Waals surface area (Å²) >= 11 is 0. The zero-order valence-electron chi connectivity index (χ0n) is 14.4. The van der Waals surface area contributed by atoms with Crippen LogP contribution in [0.3, 0.4) is 0 Å². The number of hydrogen-bond acceptors (Lipinski definition) is 6. The molecule has 134 valence electrons. The Morgan fingerprint density at radius 3 is 2.38 bits per heavy atom. The summed E-state index contributed by atoms with van der Waals surface area (Å²) in [5.41, 5.74) is 0.0681. The molecular formula is C17H25NO6. The Hall–Kier alpha value is -2.28. The minimum atomic E-state index is -0.968. The maximum atomic E-state index is 12.0. The molecule has 0 aliphatic rings. The van der Waals surface area contributed by atoms with E-state index in [1.54, 1.807) is 45.0 Å². The van der Waals surface area contributed by atoms with E-state index < -0.39 is 30.0 Å². The molecule has 0 aliphatic heterocycles. The molecule has 0 aromatic heterocycles. The topological polar surface area (TPSA) is 94.1 Å². The molecule has 0 fully saturated rings. The monoisotopic (exact) mass is 339 g/mol. The molecule has 0 aliphatic carbocycles. The number of methoxy groups -OCH3 is 1. The van der Waals surface area contributed by atoms with Crippen LogP contribution in [-0.4, -0.2) is 42.8 Å². The predicted molar refractivity (Wildman–Crippen MR) is 87.5 cm³/mol. The van der Waals surface area contributed by atoms with Crippen LogP contribution in [0.25, 0.3) is 0 Å². The van der Waals surface area contributed by atoms with Crippen LogP contribution in [0.15, 0.2) is 30.3 Å². The summed E-state index contributed by atoms with van der Waals surface area (Å²) in [5, 5.41) is 13.1. The van der Waals surface area contributed by atoms with Gasteiger partial charge in [0, 0.05) is 6.42 Å². The van der Waals surface area contributed by atoms with Gasteiger partial charge in [0.2, 0.25) is 0 Å². The second-order valence-electron chi connectivity index (χ2n) is 6.19. The lowest BCUT2D eigenvalue weighted by atomic mass is 9.99. The lowest BCUT2D eigenvalue weighted by Crippen LogP contribution is -2.40. The second kappa shape index (κ2) is 9.12. The molecule has 24 heavy (non-hydrogen) atoms. The van der Waals surface area contributed by atoms with Crippen molar-refractivity contribution in [3.8, 4) is 0 Å². The molecule has 7 heteroatoms. The van der Waals surface area contributed by atoms with Crippen LogP contribution < -0.4 is 5.32 Å². The first-order chi connectivity index (χ1) is 11.2. The van der Waals surface area contributed by atoms with E-state index in [9.17, 15) is 14.7 Å². The van der Waals surface area contributed by atoms with Crippen molar-refractivity contribution in [3.05, 3.63) is 35.9 Å². The van der Waals surface area contributed by atoms with Gasteiger partial charge in [0.1, 0.15) is 5.60 Å². The highest BCUT2D eigenvalue weighted by atomic mass is 16.7. The van der Waals surface area contributed by atoms with Gasteiger partial charge in [-0.15, -0.1) is 0 Å². The van der Waals surface area contributed by atoms with Crippen molar-refractivity contribution in [3.63, 3.8) is 0 Å². The van der Waals surface area contributed by atoms with Crippen molar-refractivity contribution in [2.24, 2.45) is 0 Å². The van der Waals surface area contributed by atoms with Gasteiger partial charge in [-0.3, -0.25) is 0 Å². The molecule has 1 aromatic rings. The fourth-order valence-electron chi connectivity index (χ4n) is 1.99. The van der Waals surface area contributed by atoms with Crippen molar-refractivity contribution in [1.29, 1.82) is 0 Å². The predicted octanol–water partition coefficient (Wildman–Crippen LogP) is 2.79. The van der Waals surface area contributed by atoms with Gasteiger partial charge in [0.15, 0.2) is 0 Å². The zero-order chi connectivity index (χ0) is 18.2. The lowest BCUT2D eigenvalue weighted by molar-refractivity contribution is 0.0316. The van der Waals surface area contributed by atoms with Gasteiger partial charge < -0.3 is 24.6 Å². The number of nitrogens with one attached hydrogen (secondary N) is 1. The maximum Gasteiger partial charge on any atom is 0.507 e. The standard InChI is InChI=1S/C17H25NO6/c1-17(2,3)24-15(20)18-14(12-8-6-5-7-9-12)13(19)10-11-23-16(21)22-4/h5-9,13-14,19H,10-11H2,1-4H3,(H,18,20). The van der Waals surface area contributed by atoms with Crippen molar-refractivity contribution in [2.45, 2.75) is 44.9 Å². The maximum absolute atomic E-state index is 12.0. The van der Waals surface area contributed by atoms with Crippen molar-refractivity contribution >= 4 is 12.2 Å². The van der Waals surface area contributed by atoms with Gasteiger partial charge in [-0.2, -0.15) is 0 Å². The smallest absolute Gasteiger partial charge is 0.444 e. The fourth-order valence-corrected chi connectivity index (χ4v) is 1.99. The number of aliphatic hydroxyl groups excluding tert-OH is 1. The number of benzene rings is 1. The number of carbonyl (C=O) groups is 2. The Labute approximate surface area is 141 Å². The highest BCUT2D eigenvalue weighted by Crippen LogP contribution is 2.20. The van der Waals surface area contributed by atoms with Gasteiger partial charge >= 0.3 is 12.2 Å². The third-order valence-electron chi connectivity index (χ3n) is 3.02. The van der Waals surface area contributed by atoms with Gasteiger partial charge in [-0.05, 0) is 26.3 Å². The van der Waals surface area contributed by atoms with Gasteiger partial charge in [0.25, 0.3) is 0 Å². The average molecular weight is 339 g/mol. The molecule has 7 nitrogen and oxygen atoms in total. The number of amides is 1. The third kappa shape index (κ3) is 7.32. The summed E-state index contributed by atoms with van der Waals surface area (Å²) in [5.74, 6) is 0. The SMILES string of the molecule is COC(=O)OCCC(O)C(NC(=O)OC(C)(C)C)c1ccccc1. The summed E-state index contributed by atoms with van der Waals surface area (Å²) in [6, 6.07) is 8.31. The van der Waals surface area contributed by atoms with Gasteiger partial charge in [-0.25, -0.2) is 9.59 Å². The average Bonchev–Trinajstić information content (AvgIpc) is 2.51. The van der Waals surface area contributed by atoms with Crippen LogP contribution in [-0.2, 0) is 14.2 Å². The van der Waals surface area contributed by atoms with E-state index in [1.165, 1.54) is 7.11 Å². The van der Waals surface area contributed by atoms with E-state index in [4.69, 9.17) is 9.47 Å². The third-order valence-corrected chi connectivity index (χ3v) is 3.02. The Morgan fingerprint density at radius 2 is 1.83 bits per heavy atom. The molecular weight excluding hydrogens is 314 g/mol. The Morgan fingerprint density at radius 1 is 1.21 bits per heavy atom. The molecule has 2 N–H and O–H groups in total. The van der Waals surface area contributed by atoms with Crippen molar-refractivity contribution in [1.82, 2.24) is 5.32 Å². The molecule has 0 spiro atoms. The minimum absolute atomic E-state index is 0.0346. The number of carbonyl (C=O) groups excluding carboxylic acids is 2. The van der Waals surface area contributed by atoms with Crippen LogP contribution in [0.1, 0.15) is 38.8 Å². The van der Waals surface area contributed by atoms with Crippen LogP contribution in [0.5, 0.6) is 0 Å². The molecule has 1 rings (SSSR count). The summed E-state index contributed by atoms with van der Waals surface area (Å²) in [6.45, 7) is 5.23. The lowest BCUT2D eigenvalue weighted by Gasteiger charge is -2.27. The quantitative estimate of drug-likeness (QED) is 0.774. The zero-order valence-corrected chi connectivity index (χ0v) is 14.4. The summed E-state index contributed by atoms with van der Waals surface area (Å²) in [6.07, 6.45) is -2.29. The van der Waals surface area contributed by atoms with E-state index in [0.29, 0.717) is 5.56 Å². The van der Waals surface area contributed by atoms with E-state index >= 15 is 0 Å². The normalized spacial score (nSPS) is 13.5. The van der Waals surface area contributed by atoms with Crippen LogP contribution >= 0.6 is 0 Å². The molecule has 0 bridgehead atoms. The highest BCUT2D eigenvalue weighted by molar-refractivity contribution is 5.68. The van der Waals surface area contributed by atoms with E-state index in [1.807, 2.05) is 6.07 Å². The molecule has 1 aromatic carbocycles. The van der Waals surface area contributed by atoms with Crippen LogP contribution in [0, 0.1) is 0 Å². The fraction of sp³-hybridized carbons (Fsp3) is 0.529. The van der Waals surface area contributed by atoms with Crippen molar-refractivity contribution in [2.75, 3.05) is 13.7 Å². The Balaban J connectivity index is 2.75. The largest absolute Gasteiger partial charge is 0.507 e.